The normalized spacial score (nSPS) is 12.6. The molecular formula is C16H21FN2S. The van der Waals surface area contributed by atoms with E-state index in [4.69, 9.17) is 0 Å². The molecule has 0 radical (unpaired) electrons. The highest BCUT2D eigenvalue weighted by Crippen LogP contribution is 2.25. The number of benzene rings is 1. The fourth-order valence-corrected chi connectivity index (χ4v) is 3.15. The molecular weight excluding hydrogens is 271 g/mol. The van der Waals surface area contributed by atoms with Gasteiger partial charge in [0.15, 0.2) is 0 Å². The van der Waals surface area contributed by atoms with Gasteiger partial charge in [0, 0.05) is 22.9 Å². The van der Waals surface area contributed by atoms with Crippen LogP contribution in [0.3, 0.4) is 0 Å². The molecule has 2 rings (SSSR count). The predicted molar refractivity (Wildman–Crippen MR) is 82.7 cm³/mol. The summed E-state index contributed by atoms with van der Waals surface area (Å²) < 4.78 is 14.0. The third kappa shape index (κ3) is 3.64. The zero-order valence-corrected chi connectivity index (χ0v) is 13.1. The minimum atomic E-state index is -0.147. The highest BCUT2D eigenvalue weighted by molar-refractivity contribution is 7.11. The van der Waals surface area contributed by atoms with Crippen molar-refractivity contribution in [3.8, 4) is 0 Å². The Morgan fingerprint density at radius 3 is 2.65 bits per heavy atom. The van der Waals surface area contributed by atoms with E-state index in [0.29, 0.717) is 0 Å². The topological polar surface area (TPSA) is 24.9 Å². The van der Waals surface area contributed by atoms with Gasteiger partial charge in [-0.2, -0.15) is 0 Å². The molecule has 2 aromatic rings. The van der Waals surface area contributed by atoms with E-state index in [-0.39, 0.29) is 11.9 Å². The molecule has 0 bridgehead atoms. The van der Waals surface area contributed by atoms with Crippen LogP contribution in [-0.4, -0.2) is 11.5 Å². The molecule has 1 aromatic carbocycles. The van der Waals surface area contributed by atoms with Crippen molar-refractivity contribution in [2.45, 2.75) is 39.7 Å². The SMILES string of the molecule is CCCNC(Cc1nc(C)c(C)s1)c1ccccc1F. The van der Waals surface area contributed by atoms with Gasteiger partial charge in [-0.25, -0.2) is 9.37 Å². The summed E-state index contributed by atoms with van der Waals surface area (Å²) >= 11 is 1.70. The second-order valence-electron chi connectivity index (χ2n) is 4.98. The van der Waals surface area contributed by atoms with Crippen molar-refractivity contribution in [1.29, 1.82) is 0 Å². The number of nitrogens with zero attached hydrogens (tertiary/aromatic N) is 1. The first-order valence-corrected chi connectivity index (χ1v) is 7.84. The number of aromatic nitrogens is 1. The van der Waals surface area contributed by atoms with Crippen LogP contribution in [0.25, 0.3) is 0 Å². The summed E-state index contributed by atoms with van der Waals surface area (Å²) in [6.07, 6.45) is 1.77. The lowest BCUT2D eigenvalue weighted by Gasteiger charge is -2.18. The van der Waals surface area contributed by atoms with Gasteiger partial charge in [0.05, 0.1) is 10.7 Å². The standard InChI is InChI=1S/C16H21FN2S/c1-4-9-18-15(13-7-5-6-8-14(13)17)10-16-19-11(2)12(3)20-16/h5-8,15,18H,4,9-10H2,1-3H3. The van der Waals surface area contributed by atoms with Gasteiger partial charge in [0.1, 0.15) is 5.82 Å². The van der Waals surface area contributed by atoms with Crippen molar-refractivity contribution >= 4 is 11.3 Å². The highest BCUT2D eigenvalue weighted by Gasteiger charge is 2.17. The van der Waals surface area contributed by atoms with Gasteiger partial charge >= 0.3 is 0 Å². The van der Waals surface area contributed by atoms with E-state index in [1.807, 2.05) is 19.1 Å². The average Bonchev–Trinajstić information content (AvgIpc) is 2.74. The molecule has 0 saturated carbocycles. The first kappa shape index (κ1) is 15.1. The van der Waals surface area contributed by atoms with Gasteiger partial charge in [-0.3, -0.25) is 0 Å². The van der Waals surface area contributed by atoms with Crippen molar-refractivity contribution in [1.82, 2.24) is 10.3 Å². The van der Waals surface area contributed by atoms with Crippen molar-refractivity contribution < 1.29 is 4.39 Å². The first-order chi connectivity index (χ1) is 9.61. The van der Waals surface area contributed by atoms with Crippen LogP contribution >= 0.6 is 11.3 Å². The summed E-state index contributed by atoms with van der Waals surface area (Å²) in [5.74, 6) is -0.147. The Kier molecular flexibility index (Phi) is 5.26. The molecule has 0 aliphatic rings. The smallest absolute Gasteiger partial charge is 0.127 e. The number of halogens is 1. The number of aryl methyl sites for hydroxylation is 2. The van der Waals surface area contributed by atoms with Crippen LogP contribution in [-0.2, 0) is 6.42 Å². The van der Waals surface area contributed by atoms with E-state index in [1.54, 1.807) is 17.4 Å². The molecule has 0 amide bonds. The van der Waals surface area contributed by atoms with Crippen LogP contribution in [0.1, 0.15) is 40.5 Å². The molecule has 1 N–H and O–H groups in total. The van der Waals surface area contributed by atoms with Crippen molar-refractivity contribution in [2.24, 2.45) is 0 Å². The van der Waals surface area contributed by atoms with Crippen LogP contribution in [0.15, 0.2) is 24.3 Å². The molecule has 0 aliphatic carbocycles. The number of thiazole rings is 1. The molecule has 0 spiro atoms. The minimum absolute atomic E-state index is 0.0129. The van der Waals surface area contributed by atoms with Crippen molar-refractivity contribution in [3.05, 3.63) is 51.2 Å². The van der Waals surface area contributed by atoms with E-state index in [0.717, 1.165) is 35.7 Å². The summed E-state index contributed by atoms with van der Waals surface area (Å²) in [4.78, 5) is 5.81. The third-order valence-electron chi connectivity index (χ3n) is 3.37. The van der Waals surface area contributed by atoms with Gasteiger partial charge in [-0.15, -0.1) is 11.3 Å². The van der Waals surface area contributed by atoms with Crippen LogP contribution in [0.2, 0.25) is 0 Å². The first-order valence-electron chi connectivity index (χ1n) is 7.02. The molecule has 108 valence electrons. The van der Waals surface area contributed by atoms with E-state index < -0.39 is 0 Å². The van der Waals surface area contributed by atoms with Crippen LogP contribution in [0, 0.1) is 19.7 Å². The summed E-state index contributed by atoms with van der Waals surface area (Å²) in [5, 5.41) is 4.50. The molecule has 0 aliphatic heterocycles. The molecule has 1 unspecified atom stereocenters. The van der Waals surface area contributed by atoms with Crippen LogP contribution in [0.5, 0.6) is 0 Å². The van der Waals surface area contributed by atoms with Crippen LogP contribution < -0.4 is 5.32 Å². The van der Waals surface area contributed by atoms with Gasteiger partial charge in [-0.1, -0.05) is 25.1 Å². The lowest BCUT2D eigenvalue weighted by molar-refractivity contribution is 0.496. The summed E-state index contributed by atoms with van der Waals surface area (Å²) in [7, 11) is 0. The molecule has 4 heteroatoms. The second-order valence-corrected chi connectivity index (χ2v) is 6.27. The fourth-order valence-electron chi connectivity index (χ4n) is 2.17. The maximum atomic E-state index is 14.0. The molecule has 0 saturated heterocycles. The maximum absolute atomic E-state index is 14.0. The summed E-state index contributed by atoms with van der Waals surface area (Å²) in [6, 6.07) is 6.98. The van der Waals surface area contributed by atoms with Gasteiger partial charge in [-0.05, 0) is 32.9 Å². The van der Waals surface area contributed by atoms with Gasteiger partial charge in [0.25, 0.3) is 0 Å². The Bertz CT molecular complexity index is 546. The summed E-state index contributed by atoms with van der Waals surface area (Å²) in [6.45, 7) is 7.09. The Morgan fingerprint density at radius 1 is 1.30 bits per heavy atom. The Morgan fingerprint density at radius 2 is 2.05 bits per heavy atom. The minimum Gasteiger partial charge on any atom is -0.309 e. The van der Waals surface area contributed by atoms with E-state index >= 15 is 0 Å². The number of nitrogens with one attached hydrogen (secondary N) is 1. The van der Waals surface area contributed by atoms with E-state index in [2.05, 4.69) is 24.1 Å². The highest BCUT2D eigenvalue weighted by atomic mass is 32.1. The lowest BCUT2D eigenvalue weighted by Crippen LogP contribution is -2.25. The molecule has 2 nitrogen and oxygen atoms in total. The Labute approximate surface area is 124 Å². The fraction of sp³-hybridized carbons (Fsp3) is 0.438. The zero-order valence-electron chi connectivity index (χ0n) is 12.2. The van der Waals surface area contributed by atoms with Crippen molar-refractivity contribution in [2.75, 3.05) is 6.54 Å². The van der Waals surface area contributed by atoms with Crippen LogP contribution in [0.4, 0.5) is 4.39 Å². The van der Waals surface area contributed by atoms with Crippen molar-refractivity contribution in [3.63, 3.8) is 0 Å². The summed E-state index contributed by atoms with van der Waals surface area (Å²) in [5.41, 5.74) is 1.80. The maximum Gasteiger partial charge on any atom is 0.127 e. The van der Waals surface area contributed by atoms with E-state index in [9.17, 15) is 4.39 Å². The lowest BCUT2D eigenvalue weighted by atomic mass is 10.0. The predicted octanol–water partition coefficient (Wildman–Crippen LogP) is 4.18. The molecule has 1 atom stereocenters. The molecule has 1 heterocycles. The monoisotopic (exact) mass is 292 g/mol. The van der Waals surface area contributed by atoms with Gasteiger partial charge < -0.3 is 5.32 Å². The quantitative estimate of drug-likeness (QED) is 0.864. The molecule has 0 fully saturated rings. The number of hydrogen-bond acceptors (Lipinski definition) is 3. The third-order valence-corrected chi connectivity index (χ3v) is 4.47. The zero-order chi connectivity index (χ0) is 14.5. The molecule has 1 aromatic heterocycles. The number of rotatable bonds is 6. The second kappa shape index (κ2) is 6.95. The largest absolute Gasteiger partial charge is 0.309 e. The molecule has 20 heavy (non-hydrogen) atoms. The van der Waals surface area contributed by atoms with Gasteiger partial charge in [0.2, 0.25) is 0 Å². The van der Waals surface area contributed by atoms with E-state index in [1.165, 1.54) is 10.9 Å². The number of hydrogen-bond donors (Lipinski definition) is 1. The Hall–Kier alpha value is -1.26. The Balaban J connectivity index is 2.21. The average molecular weight is 292 g/mol.